The molecule has 7 heteroatoms. The van der Waals surface area contributed by atoms with Gasteiger partial charge in [0.15, 0.2) is 0 Å². The van der Waals surface area contributed by atoms with Crippen LogP contribution in [-0.2, 0) is 6.54 Å². The second-order valence-corrected chi connectivity index (χ2v) is 3.64. The number of rotatable bonds is 2. The largest absolute Gasteiger partial charge is 0.324 e. The zero-order chi connectivity index (χ0) is 10.8. The lowest BCUT2D eigenvalue weighted by Gasteiger charge is -1.97. The van der Waals surface area contributed by atoms with Gasteiger partial charge < -0.3 is 5.73 Å². The van der Waals surface area contributed by atoms with Gasteiger partial charge in [0.2, 0.25) is 5.82 Å². The van der Waals surface area contributed by atoms with E-state index in [0.717, 1.165) is 0 Å². The highest BCUT2D eigenvalue weighted by atomic mass is 35.5. The lowest BCUT2D eigenvalue weighted by molar-refractivity contribution is 0.917. The van der Waals surface area contributed by atoms with E-state index in [1.54, 1.807) is 6.07 Å². The van der Waals surface area contributed by atoms with Crippen molar-refractivity contribution in [2.24, 2.45) is 5.73 Å². The smallest absolute Gasteiger partial charge is 0.201 e. The van der Waals surface area contributed by atoms with Gasteiger partial charge in [0, 0.05) is 6.20 Å². The number of nitrogens with two attached hydrogens (primary N) is 1. The summed E-state index contributed by atoms with van der Waals surface area (Å²) in [6, 6.07) is 1.59. The molecular weight excluding hydrogens is 237 g/mol. The van der Waals surface area contributed by atoms with Gasteiger partial charge in [0.1, 0.15) is 11.5 Å². The summed E-state index contributed by atoms with van der Waals surface area (Å²) in [5.74, 6) is 0.995. The molecule has 2 aromatic rings. The quantitative estimate of drug-likeness (QED) is 0.841. The average Bonchev–Trinajstić information content (AvgIpc) is 2.66. The zero-order valence-corrected chi connectivity index (χ0v) is 9.05. The summed E-state index contributed by atoms with van der Waals surface area (Å²) < 4.78 is 0. The van der Waals surface area contributed by atoms with Gasteiger partial charge >= 0.3 is 0 Å². The number of nitrogens with zero attached hydrogens (tertiary/aromatic N) is 3. The van der Waals surface area contributed by atoms with Crippen molar-refractivity contribution in [3.63, 3.8) is 0 Å². The molecule has 2 aromatic heterocycles. The number of aromatic amines is 1. The maximum Gasteiger partial charge on any atom is 0.201 e. The molecule has 78 valence electrons. The minimum atomic E-state index is 0.290. The minimum absolute atomic E-state index is 0.290. The minimum Gasteiger partial charge on any atom is -0.324 e. The van der Waals surface area contributed by atoms with Crippen LogP contribution < -0.4 is 5.73 Å². The Bertz CT molecular complexity index is 482. The van der Waals surface area contributed by atoms with E-state index >= 15 is 0 Å². The van der Waals surface area contributed by atoms with Gasteiger partial charge in [-0.2, -0.15) is 5.10 Å². The monoisotopic (exact) mass is 243 g/mol. The molecule has 2 heterocycles. The van der Waals surface area contributed by atoms with E-state index in [1.165, 1.54) is 6.20 Å². The maximum atomic E-state index is 5.94. The summed E-state index contributed by atoms with van der Waals surface area (Å²) in [6.07, 6.45) is 1.49. The summed E-state index contributed by atoms with van der Waals surface area (Å²) in [5, 5.41) is 7.50. The maximum absolute atomic E-state index is 5.94. The van der Waals surface area contributed by atoms with Gasteiger partial charge in [-0.15, -0.1) is 0 Å². The van der Waals surface area contributed by atoms with Gasteiger partial charge in [-0.1, -0.05) is 23.2 Å². The molecule has 0 aliphatic carbocycles. The topological polar surface area (TPSA) is 80.5 Å². The van der Waals surface area contributed by atoms with Gasteiger partial charge in [-0.25, -0.2) is 9.97 Å². The van der Waals surface area contributed by atoms with Crippen molar-refractivity contribution in [1.82, 2.24) is 20.2 Å². The van der Waals surface area contributed by atoms with Crippen LogP contribution in [0.15, 0.2) is 12.3 Å². The lowest BCUT2D eigenvalue weighted by Crippen LogP contribution is -1.98. The Hall–Kier alpha value is -1.17. The lowest BCUT2D eigenvalue weighted by atomic mass is 10.3. The average molecular weight is 244 g/mol. The fourth-order valence-corrected chi connectivity index (χ4v) is 1.54. The first kappa shape index (κ1) is 10.4. The summed E-state index contributed by atoms with van der Waals surface area (Å²) in [4.78, 5) is 8.15. The van der Waals surface area contributed by atoms with Crippen LogP contribution >= 0.6 is 23.2 Å². The van der Waals surface area contributed by atoms with E-state index in [1.807, 2.05) is 0 Å². The molecule has 0 saturated carbocycles. The van der Waals surface area contributed by atoms with Gasteiger partial charge in [-0.05, 0) is 6.07 Å². The summed E-state index contributed by atoms with van der Waals surface area (Å²) in [6.45, 7) is 0.290. The van der Waals surface area contributed by atoms with E-state index in [9.17, 15) is 0 Å². The number of H-pyrrole nitrogens is 1. The molecule has 0 unspecified atom stereocenters. The molecule has 0 fully saturated rings. The predicted octanol–water partition coefficient (Wildman–Crippen LogP) is 1.63. The molecule has 0 atom stereocenters. The van der Waals surface area contributed by atoms with Crippen molar-refractivity contribution < 1.29 is 0 Å². The van der Waals surface area contributed by atoms with E-state index in [0.29, 0.717) is 27.4 Å². The first-order chi connectivity index (χ1) is 7.20. The highest BCUT2D eigenvalue weighted by Gasteiger charge is 2.10. The molecule has 0 aliphatic heterocycles. The molecule has 0 aliphatic rings. The predicted molar refractivity (Wildman–Crippen MR) is 57.5 cm³/mol. The molecule has 0 spiro atoms. The molecule has 0 aromatic carbocycles. The van der Waals surface area contributed by atoms with E-state index in [4.69, 9.17) is 28.9 Å². The third kappa shape index (κ3) is 2.09. The fourth-order valence-electron chi connectivity index (χ4n) is 1.07. The Labute approximate surface area is 95.6 Å². The molecule has 5 nitrogen and oxygen atoms in total. The highest BCUT2D eigenvalue weighted by Crippen LogP contribution is 2.25. The van der Waals surface area contributed by atoms with Crippen LogP contribution in [0.5, 0.6) is 0 Å². The molecule has 0 saturated heterocycles. The summed E-state index contributed by atoms with van der Waals surface area (Å²) in [7, 11) is 0. The van der Waals surface area contributed by atoms with Crippen molar-refractivity contribution in [3.8, 4) is 11.5 Å². The number of hydrogen-bond acceptors (Lipinski definition) is 4. The van der Waals surface area contributed by atoms with Crippen LogP contribution in [0.4, 0.5) is 0 Å². The molecule has 0 radical (unpaired) electrons. The Balaban J connectivity index is 2.44. The molecular formula is C8H7Cl2N5. The molecule has 2 rings (SSSR count). The fraction of sp³-hybridized carbons (Fsp3) is 0.125. The third-order valence-electron chi connectivity index (χ3n) is 1.74. The Morgan fingerprint density at radius 2 is 2.20 bits per heavy atom. The van der Waals surface area contributed by atoms with Crippen molar-refractivity contribution in [3.05, 3.63) is 28.1 Å². The number of nitrogens with one attached hydrogen (secondary N) is 1. The van der Waals surface area contributed by atoms with Crippen LogP contribution in [0, 0.1) is 0 Å². The van der Waals surface area contributed by atoms with Crippen molar-refractivity contribution in [1.29, 1.82) is 0 Å². The van der Waals surface area contributed by atoms with Crippen molar-refractivity contribution in [2.75, 3.05) is 0 Å². The number of hydrogen-bond donors (Lipinski definition) is 2. The number of halogens is 2. The molecule has 0 amide bonds. The zero-order valence-electron chi connectivity index (χ0n) is 7.54. The number of aromatic nitrogens is 4. The number of pyridine rings is 1. The van der Waals surface area contributed by atoms with Gasteiger partial charge in [0.05, 0.1) is 16.6 Å². The Kier molecular flexibility index (Phi) is 2.86. The van der Waals surface area contributed by atoms with Crippen molar-refractivity contribution >= 4 is 23.2 Å². The SMILES string of the molecule is NCc1nc(-c2ncc(Cl)cc2Cl)n[nH]1. The Morgan fingerprint density at radius 1 is 1.40 bits per heavy atom. The van der Waals surface area contributed by atoms with Crippen LogP contribution in [0.25, 0.3) is 11.5 Å². The van der Waals surface area contributed by atoms with Crippen LogP contribution in [0.2, 0.25) is 10.0 Å². The van der Waals surface area contributed by atoms with Gasteiger partial charge in [-0.3, -0.25) is 5.10 Å². The van der Waals surface area contributed by atoms with Crippen LogP contribution in [-0.4, -0.2) is 20.2 Å². The van der Waals surface area contributed by atoms with Crippen LogP contribution in [0.1, 0.15) is 5.82 Å². The summed E-state index contributed by atoms with van der Waals surface area (Å²) >= 11 is 11.7. The molecule has 3 N–H and O–H groups in total. The first-order valence-corrected chi connectivity index (χ1v) is 4.89. The van der Waals surface area contributed by atoms with Crippen molar-refractivity contribution in [2.45, 2.75) is 6.54 Å². The standard InChI is InChI=1S/C8H7Cl2N5/c9-4-1-5(10)7(12-3-4)8-13-6(2-11)14-15-8/h1,3H,2,11H2,(H,13,14,15). The van der Waals surface area contributed by atoms with Crippen LogP contribution in [0.3, 0.4) is 0 Å². The molecule has 15 heavy (non-hydrogen) atoms. The first-order valence-electron chi connectivity index (χ1n) is 4.13. The van der Waals surface area contributed by atoms with E-state index in [2.05, 4.69) is 20.2 Å². The van der Waals surface area contributed by atoms with E-state index in [-0.39, 0.29) is 6.54 Å². The second-order valence-electron chi connectivity index (χ2n) is 2.79. The highest BCUT2D eigenvalue weighted by molar-refractivity contribution is 6.35. The second kappa shape index (κ2) is 4.14. The normalized spacial score (nSPS) is 10.6. The Morgan fingerprint density at radius 3 is 2.80 bits per heavy atom. The summed E-state index contributed by atoms with van der Waals surface area (Å²) in [5.41, 5.74) is 5.88. The third-order valence-corrected chi connectivity index (χ3v) is 2.24. The molecule has 0 bridgehead atoms. The van der Waals surface area contributed by atoms with E-state index < -0.39 is 0 Å². The van der Waals surface area contributed by atoms with Gasteiger partial charge in [0.25, 0.3) is 0 Å².